The molecule has 0 unspecified atom stereocenters. The molecule has 0 aliphatic rings. The molecule has 0 rings (SSSR count). The second-order valence-electron chi connectivity index (χ2n) is 4.37. The lowest BCUT2D eigenvalue weighted by Gasteiger charge is -2.04. The summed E-state index contributed by atoms with van der Waals surface area (Å²) < 4.78 is 0. The molecule has 0 atom stereocenters. The Kier molecular flexibility index (Phi) is 8.08. The Labute approximate surface area is 95.8 Å². The largest absolute Gasteiger partial charge is 0.0958 e. The maximum absolute atomic E-state index is 4.05. The van der Waals surface area contributed by atoms with Crippen LogP contribution in [0.15, 0.2) is 35.5 Å². The fourth-order valence-corrected chi connectivity index (χ4v) is 1.49. The second kappa shape index (κ2) is 8.52. The van der Waals surface area contributed by atoms with E-state index < -0.39 is 0 Å². The van der Waals surface area contributed by atoms with Crippen LogP contribution in [0.25, 0.3) is 0 Å². The second-order valence-corrected chi connectivity index (χ2v) is 4.37. The van der Waals surface area contributed by atoms with E-state index in [-0.39, 0.29) is 0 Å². The summed E-state index contributed by atoms with van der Waals surface area (Å²) in [7, 11) is 0. The van der Waals surface area contributed by atoms with Gasteiger partial charge in [0.1, 0.15) is 0 Å². The molecular weight excluding hydrogens is 180 g/mol. The van der Waals surface area contributed by atoms with Gasteiger partial charge in [-0.15, -0.1) is 0 Å². The Bertz CT molecular complexity index is 237. The molecule has 0 fully saturated rings. The molecule has 0 saturated heterocycles. The molecule has 86 valence electrons. The third-order valence-electron chi connectivity index (χ3n) is 2.53. The number of unbranched alkanes of at least 4 members (excludes halogenated alkanes) is 1. The average Bonchev–Trinajstić information content (AvgIpc) is 2.17. The van der Waals surface area contributed by atoms with Crippen LogP contribution in [-0.4, -0.2) is 0 Å². The van der Waals surface area contributed by atoms with Crippen LogP contribution in [0.1, 0.15) is 59.8 Å². The Morgan fingerprint density at radius 1 is 1.00 bits per heavy atom. The monoisotopic (exact) mass is 206 g/mol. The van der Waals surface area contributed by atoms with Crippen LogP contribution in [0.4, 0.5) is 0 Å². The molecule has 0 aromatic carbocycles. The van der Waals surface area contributed by atoms with Crippen molar-refractivity contribution in [3.05, 3.63) is 35.5 Å². The average molecular weight is 206 g/mol. The van der Waals surface area contributed by atoms with E-state index in [1.165, 1.54) is 42.4 Å². The summed E-state index contributed by atoms with van der Waals surface area (Å²) in [4.78, 5) is 0. The van der Waals surface area contributed by atoms with Crippen LogP contribution < -0.4 is 0 Å². The van der Waals surface area contributed by atoms with Crippen molar-refractivity contribution in [1.82, 2.24) is 0 Å². The predicted octanol–water partition coefficient (Wildman–Crippen LogP) is 5.43. The standard InChI is InChI=1S/C15H26/c1-6-8-10-15(13(3)4)12-11-14(5)9-7-2/h11-12H,5-10H2,1-4H3/b12-11-. The van der Waals surface area contributed by atoms with Crippen LogP contribution in [0, 0.1) is 0 Å². The highest BCUT2D eigenvalue weighted by Gasteiger charge is 1.95. The van der Waals surface area contributed by atoms with Gasteiger partial charge in [0, 0.05) is 0 Å². The maximum Gasteiger partial charge on any atom is -0.0280 e. The highest BCUT2D eigenvalue weighted by atomic mass is 14.0. The lowest BCUT2D eigenvalue weighted by atomic mass is 10.0. The van der Waals surface area contributed by atoms with Gasteiger partial charge in [-0.05, 0) is 38.7 Å². The van der Waals surface area contributed by atoms with Crippen molar-refractivity contribution in [3.8, 4) is 0 Å². The summed E-state index contributed by atoms with van der Waals surface area (Å²) in [6.07, 6.45) is 10.5. The molecule has 0 heterocycles. The first-order valence-corrected chi connectivity index (χ1v) is 6.14. The highest BCUT2D eigenvalue weighted by Crippen LogP contribution is 2.15. The Morgan fingerprint density at radius 2 is 1.67 bits per heavy atom. The van der Waals surface area contributed by atoms with Gasteiger partial charge < -0.3 is 0 Å². The van der Waals surface area contributed by atoms with E-state index in [4.69, 9.17) is 0 Å². The first-order chi connectivity index (χ1) is 7.11. The third-order valence-corrected chi connectivity index (χ3v) is 2.53. The summed E-state index contributed by atoms with van der Waals surface area (Å²) in [5.41, 5.74) is 4.16. The zero-order chi connectivity index (χ0) is 11.7. The molecule has 0 bridgehead atoms. The topological polar surface area (TPSA) is 0 Å². The van der Waals surface area contributed by atoms with Gasteiger partial charge in [0.2, 0.25) is 0 Å². The van der Waals surface area contributed by atoms with Crippen molar-refractivity contribution in [2.45, 2.75) is 59.8 Å². The SMILES string of the molecule is C=C(/C=C\C(CCCC)=C(C)C)CCC. The molecule has 0 aliphatic heterocycles. The lowest BCUT2D eigenvalue weighted by Crippen LogP contribution is -1.84. The Hall–Kier alpha value is -0.780. The molecule has 0 aromatic heterocycles. The molecule has 0 aliphatic carbocycles. The number of hydrogen-bond acceptors (Lipinski definition) is 0. The van der Waals surface area contributed by atoms with Crippen molar-refractivity contribution in [3.63, 3.8) is 0 Å². The Balaban J connectivity index is 4.30. The summed E-state index contributed by atoms with van der Waals surface area (Å²) in [5, 5.41) is 0. The zero-order valence-electron chi connectivity index (χ0n) is 10.9. The zero-order valence-corrected chi connectivity index (χ0v) is 10.9. The summed E-state index contributed by atoms with van der Waals surface area (Å²) in [6.45, 7) is 12.9. The number of hydrogen-bond donors (Lipinski definition) is 0. The third kappa shape index (κ3) is 7.18. The maximum atomic E-state index is 4.05. The van der Waals surface area contributed by atoms with Gasteiger partial charge in [0.25, 0.3) is 0 Å². The van der Waals surface area contributed by atoms with Crippen LogP contribution >= 0.6 is 0 Å². The van der Waals surface area contributed by atoms with Crippen molar-refractivity contribution >= 4 is 0 Å². The summed E-state index contributed by atoms with van der Waals surface area (Å²) in [6, 6.07) is 0. The van der Waals surface area contributed by atoms with E-state index in [1.54, 1.807) is 0 Å². The first kappa shape index (κ1) is 14.2. The normalized spacial score (nSPS) is 10.7. The Morgan fingerprint density at radius 3 is 2.13 bits per heavy atom. The van der Waals surface area contributed by atoms with Crippen LogP contribution in [-0.2, 0) is 0 Å². The number of rotatable bonds is 7. The smallest absolute Gasteiger partial charge is 0.0280 e. The molecular formula is C15H26. The molecule has 0 spiro atoms. The first-order valence-electron chi connectivity index (χ1n) is 6.14. The van der Waals surface area contributed by atoms with Crippen LogP contribution in [0.3, 0.4) is 0 Å². The molecule has 0 nitrogen and oxygen atoms in total. The van der Waals surface area contributed by atoms with E-state index in [0.717, 1.165) is 6.42 Å². The van der Waals surface area contributed by atoms with Crippen LogP contribution in [0.5, 0.6) is 0 Å². The van der Waals surface area contributed by atoms with Gasteiger partial charge in [-0.25, -0.2) is 0 Å². The van der Waals surface area contributed by atoms with Crippen molar-refractivity contribution in [2.75, 3.05) is 0 Å². The van der Waals surface area contributed by atoms with E-state index >= 15 is 0 Å². The van der Waals surface area contributed by atoms with E-state index in [9.17, 15) is 0 Å². The lowest BCUT2D eigenvalue weighted by molar-refractivity contribution is 0.792. The van der Waals surface area contributed by atoms with Crippen molar-refractivity contribution < 1.29 is 0 Å². The van der Waals surface area contributed by atoms with Gasteiger partial charge >= 0.3 is 0 Å². The quantitative estimate of drug-likeness (QED) is 0.487. The molecule has 0 amide bonds. The fraction of sp³-hybridized carbons (Fsp3) is 0.600. The minimum Gasteiger partial charge on any atom is -0.0958 e. The molecule has 0 N–H and O–H groups in total. The van der Waals surface area contributed by atoms with Crippen molar-refractivity contribution in [1.29, 1.82) is 0 Å². The van der Waals surface area contributed by atoms with Gasteiger partial charge in [0.15, 0.2) is 0 Å². The van der Waals surface area contributed by atoms with Crippen molar-refractivity contribution in [2.24, 2.45) is 0 Å². The number of allylic oxidation sites excluding steroid dienone is 5. The molecule has 0 radical (unpaired) electrons. The molecule has 0 heteroatoms. The minimum absolute atomic E-state index is 1.11. The summed E-state index contributed by atoms with van der Waals surface area (Å²) >= 11 is 0. The van der Waals surface area contributed by atoms with E-state index in [1.807, 2.05) is 0 Å². The van der Waals surface area contributed by atoms with Crippen LogP contribution in [0.2, 0.25) is 0 Å². The minimum atomic E-state index is 1.11. The van der Waals surface area contributed by atoms with Gasteiger partial charge in [-0.3, -0.25) is 0 Å². The predicted molar refractivity (Wildman–Crippen MR) is 71.1 cm³/mol. The van der Waals surface area contributed by atoms with Gasteiger partial charge in [0.05, 0.1) is 0 Å². The highest BCUT2D eigenvalue weighted by molar-refractivity contribution is 5.29. The molecule has 15 heavy (non-hydrogen) atoms. The molecule has 0 saturated carbocycles. The van der Waals surface area contributed by atoms with E-state index in [2.05, 4.69) is 46.4 Å². The van der Waals surface area contributed by atoms with E-state index in [0.29, 0.717) is 0 Å². The van der Waals surface area contributed by atoms with Gasteiger partial charge in [-0.2, -0.15) is 0 Å². The van der Waals surface area contributed by atoms with Gasteiger partial charge in [-0.1, -0.05) is 56.6 Å². The molecule has 0 aromatic rings. The fourth-order valence-electron chi connectivity index (χ4n) is 1.49. The summed E-state index contributed by atoms with van der Waals surface area (Å²) in [5.74, 6) is 0.